The standard InChI is InChI=1S/C10H14N2O/c1-13-9-4-2-8(3-5-9)10(11)12-6-7-12/h2,4,11H,3,5-7H2,1H3. The van der Waals surface area contributed by atoms with E-state index in [1.165, 1.54) is 0 Å². The maximum absolute atomic E-state index is 7.81. The van der Waals surface area contributed by atoms with E-state index in [0.717, 1.165) is 37.3 Å². The van der Waals surface area contributed by atoms with Crippen LogP contribution in [0.4, 0.5) is 0 Å². The Morgan fingerprint density at radius 1 is 1.38 bits per heavy atom. The van der Waals surface area contributed by atoms with Gasteiger partial charge in [0, 0.05) is 19.5 Å². The number of rotatable bonds is 2. The van der Waals surface area contributed by atoms with Crippen molar-refractivity contribution in [2.45, 2.75) is 12.8 Å². The highest BCUT2D eigenvalue weighted by atomic mass is 16.5. The van der Waals surface area contributed by atoms with E-state index in [1.807, 2.05) is 12.2 Å². The number of allylic oxidation sites excluding steroid dienone is 3. The first-order chi connectivity index (χ1) is 6.31. The summed E-state index contributed by atoms with van der Waals surface area (Å²) in [6.45, 7) is 2.11. The van der Waals surface area contributed by atoms with Gasteiger partial charge < -0.3 is 9.64 Å². The molecule has 3 nitrogen and oxygen atoms in total. The minimum absolute atomic E-state index is 0.700. The van der Waals surface area contributed by atoms with Crippen molar-refractivity contribution in [2.24, 2.45) is 0 Å². The molecule has 0 spiro atoms. The molecule has 1 N–H and O–H groups in total. The van der Waals surface area contributed by atoms with Crippen LogP contribution in [0.3, 0.4) is 0 Å². The van der Waals surface area contributed by atoms with Gasteiger partial charge in [0.15, 0.2) is 0 Å². The van der Waals surface area contributed by atoms with E-state index in [-0.39, 0.29) is 0 Å². The van der Waals surface area contributed by atoms with Crippen LogP contribution in [0, 0.1) is 5.41 Å². The zero-order chi connectivity index (χ0) is 9.26. The molecule has 3 heteroatoms. The largest absolute Gasteiger partial charge is 0.501 e. The molecule has 0 amide bonds. The minimum atomic E-state index is 0.700. The topological polar surface area (TPSA) is 36.1 Å². The Balaban J connectivity index is 2.04. The van der Waals surface area contributed by atoms with Gasteiger partial charge in [-0.2, -0.15) is 0 Å². The number of methoxy groups -OCH3 is 1. The second-order valence-electron chi connectivity index (χ2n) is 3.36. The Morgan fingerprint density at radius 3 is 2.62 bits per heavy atom. The van der Waals surface area contributed by atoms with Gasteiger partial charge in [-0.05, 0) is 18.1 Å². The molecule has 0 atom stereocenters. The second-order valence-corrected chi connectivity index (χ2v) is 3.36. The summed E-state index contributed by atoms with van der Waals surface area (Å²) in [7, 11) is 1.69. The highest BCUT2D eigenvalue weighted by molar-refractivity contribution is 5.97. The molecule has 0 aromatic heterocycles. The van der Waals surface area contributed by atoms with Crippen LogP contribution in [0.2, 0.25) is 0 Å². The molecule has 2 rings (SSSR count). The maximum atomic E-state index is 7.81. The second kappa shape index (κ2) is 3.24. The molecule has 0 aromatic carbocycles. The van der Waals surface area contributed by atoms with Gasteiger partial charge in [-0.15, -0.1) is 0 Å². The third-order valence-electron chi connectivity index (χ3n) is 2.44. The molecule has 0 radical (unpaired) electrons. The summed E-state index contributed by atoms with van der Waals surface area (Å²) in [5.74, 6) is 1.72. The lowest BCUT2D eigenvalue weighted by Gasteiger charge is -2.14. The predicted molar refractivity (Wildman–Crippen MR) is 51.7 cm³/mol. The molecule has 0 bridgehead atoms. The van der Waals surface area contributed by atoms with E-state index in [9.17, 15) is 0 Å². The van der Waals surface area contributed by atoms with Crippen molar-refractivity contribution in [3.8, 4) is 0 Å². The number of amidine groups is 1. The van der Waals surface area contributed by atoms with Crippen molar-refractivity contribution in [2.75, 3.05) is 20.2 Å². The van der Waals surface area contributed by atoms with Crippen LogP contribution in [0.5, 0.6) is 0 Å². The van der Waals surface area contributed by atoms with E-state index >= 15 is 0 Å². The summed E-state index contributed by atoms with van der Waals surface area (Å²) in [6, 6.07) is 0. The Labute approximate surface area is 78.2 Å². The van der Waals surface area contributed by atoms with E-state index in [4.69, 9.17) is 10.1 Å². The van der Waals surface area contributed by atoms with Crippen LogP contribution in [-0.4, -0.2) is 30.9 Å². The molecule has 0 saturated carbocycles. The average molecular weight is 178 g/mol. The highest BCUT2D eigenvalue weighted by Crippen LogP contribution is 2.22. The number of hydrogen-bond acceptors (Lipinski definition) is 2. The van der Waals surface area contributed by atoms with Crippen molar-refractivity contribution < 1.29 is 4.74 Å². The summed E-state index contributed by atoms with van der Waals surface area (Å²) >= 11 is 0. The van der Waals surface area contributed by atoms with Gasteiger partial charge in [-0.1, -0.05) is 6.08 Å². The average Bonchev–Trinajstić information content (AvgIpc) is 3.00. The molecule has 70 valence electrons. The van der Waals surface area contributed by atoms with Crippen LogP contribution in [0.15, 0.2) is 23.5 Å². The molecule has 1 heterocycles. The van der Waals surface area contributed by atoms with Crippen LogP contribution in [0.25, 0.3) is 0 Å². The molecule has 0 unspecified atom stereocenters. The van der Waals surface area contributed by atoms with Crippen molar-refractivity contribution >= 4 is 5.84 Å². The molecule has 1 aliphatic heterocycles. The van der Waals surface area contributed by atoms with Crippen LogP contribution < -0.4 is 0 Å². The molecule has 1 fully saturated rings. The fraction of sp³-hybridized carbons (Fsp3) is 0.500. The number of nitrogens with one attached hydrogen (secondary N) is 1. The predicted octanol–water partition coefficient (Wildman–Crippen LogP) is 1.53. The van der Waals surface area contributed by atoms with Crippen LogP contribution in [0.1, 0.15) is 12.8 Å². The van der Waals surface area contributed by atoms with Crippen molar-refractivity contribution in [1.29, 1.82) is 5.41 Å². The lowest BCUT2D eigenvalue weighted by atomic mass is 10.0. The fourth-order valence-electron chi connectivity index (χ4n) is 1.46. The fourth-order valence-corrected chi connectivity index (χ4v) is 1.46. The van der Waals surface area contributed by atoms with Gasteiger partial charge in [0.2, 0.25) is 0 Å². The van der Waals surface area contributed by atoms with Crippen molar-refractivity contribution in [3.05, 3.63) is 23.5 Å². The Morgan fingerprint density at radius 2 is 2.15 bits per heavy atom. The highest BCUT2D eigenvalue weighted by Gasteiger charge is 2.24. The van der Waals surface area contributed by atoms with Gasteiger partial charge in [-0.3, -0.25) is 5.41 Å². The van der Waals surface area contributed by atoms with Gasteiger partial charge in [0.25, 0.3) is 0 Å². The molecule has 2 aliphatic rings. The minimum Gasteiger partial charge on any atom is -0.501 e. The molecular weight excluding hydrogens is 164 g/mol. The Kier molecular flexibility index (Phi) is 2.08. The Hall–Kier alpha value is -1.25. The zero-order valence-corrected chi connectivity index (χ0v) is 7.84. The normalized spacial score (nSPS) is 20.5. The molecule has 0 aromatic rings. The first kappa shape index (κ1) is 8.35. The summed E-state index contributed by atoms with van der Waals surface area (Å²) in [5.41, 5.74) is 1.14. The smallest absolute Gasteiger partial charge is 0.124 e. The van der Waals surface area contributed by atoms with Crippen LogP contribution in [-0.2, 0) is 4.74 Å². The lowest BCUT2D eigenvalue weighted by Crippen LogP contribution is -2.14. The lowest BCUT2D eigenvalue weighted by molar-refractivity contribution is 0.276. The summed E-state index contributed by atoms with van der Waals surface area (Å²) in [4.78, 5) is 2.07. The monoisotopic (exact) mass is 178 g/mol. The summed E-state index contributed by atoms with van der Waals surface area (Å²) in [5, 5.41) is 7.81. The summed E-state index contributed by atoms with van der Waals surface area (Å²) in [6.07, 6.45) is 5.84. The molecule has 13 heavy (non-hydrogen) atoms. The number of hydrogen-bond donors (Lipinski definition) is 1. The Bertz CT molecular complexity index is 287. The van der Waals surface area contributed by atoms with E-state index in [2.05, 4.69) is 4.90 Å². The third-order valence-corrected chi connectivity index (χ3v) is 2.44. The number of ether oxygens (including phenoxy) is 1. The summed E-state index contributed by atoms with van der Waals surface area (Å²) < 4.78 is 5.13. The zero-order valence-electron chi connectivity index (χ0n) is 7.84. The SMILES string of the molecule is COC1=CC=C(C(=N)N2CC2)CC1. The van der Waals surface area contributed by atoms with Crippen LogP contribution >= 0.6 is 0 Å². The first-order valence-corrected chi connectivity index (χ1v) is 4.59. The van der Waals surface area contributed by atoms with E-state index in [0.29, 0.717) is 5.84 Å². The quantitative estimate of drug-likeness (QED) is 0.395. The molecular formula is C10H14N2O. The maximum Gasteiger partial charge on any atom is 0.124 e. The van der Waals surface area contributed by atoms with E-state index in [1.54, 1.807) is 7.11 Å². The molecule has 1 aliphatic carbocycles. The van der Waals surface area contributed by atoms with Crippen molar-refractivity contribution in [3.63, 3.8) is 0 Å². The van der Waals surface area contributed by atoms with Gasteiger partial charge in [0.1, 0.15) is 5.84 Å². The molecule has 1 saturated heterocycles. The van der Waals surface area contributed by atoms with Gasteiger partial charge in [0.05, 0.1) is 12.9 Å². The number of nitrogens with zero attached hydrogens (tertiary/aromatic N) is 1. The first-order valence-electron chi connectivity index (χ1n) is 4.59. The van der Waals surface area contributed by atoms with Crippen molar-refractivity contribution in [1.82, 2.24) is 4.90 Å². The third kappa shape index (κ3) is 1.74. The van der Waals surface area contributed by atoms with Gasteiger partial charge in [-0.25, -0.2) is 0 Å². The van der Waals surface area contributed by atoms with E-state index < -0.39 is 0 Å². The van der Waals surface area contributed by atoms with Gasteiger partial charge >= 0.3 is 0 Å².